The minimum atomic E-state index is -0.0607. The maximum absolute atomic E-state index is 5.89. The van der Waals surface area contributed by atoms with Crippen molar-refractivity contribution >= 4 is 5.69 Å². The predicted octanol–water partition coefficient (Wildman–Crippen LogP) is 2.28. The lowest BCUT2D eigenvalue weighted by Gasteiger charge is -2.17. The maximum Gasteiger partial charge on any atom is 0.115 e. The number of nitrogens with two attached hydrogens (primary N) is 1. The maximum atomic E-state index is 5.89. The van der Waals surface area contributed by atoms with Gasteiger partial charge in [-0.25, -0.2) is 4.68 Å². The van der Waals surface area contributed by atoms with E-state index in [1.807, 2.05) is 35.1 Å². The second-order valence-electron chi connectivity index (χ2n) is 4.81. The van der Waals surface area contributed by atoms with Crippen molar-refractivity contribution in [2.24, 2.45) is 0 Å². The van der Waals surface area contributed by atoms with Crippen molar-refractivity contribution in [1.29, 1.82) is 0 Å². The van der Waals surface area contributed by atoms with Crippen LogP contribution in [0, 0.1) is 0 Å². The summed E-state index contributed by atoms with van der Waals surface area (Å²) in [6, 6.07) is 7.67. The highest BCUT2D eigenvalue weighted by Crippen LogP contribution is 2.24. The number of nitrogen functional groups attached to an aromatic ring is 1. The van der Waals surface area contributed by atoms with Gasteiger partial charge in [-0.15, -0.1) is 5.10 Å². The molecule has 0 aliphatic rings. The molecule has 4 heteroatoms. The van der Waals surface area contributed by atoms with Crippen LogP contribution < -0.4 is 5.73 Å². The first-order chi connectivity index (χ1) is 7.48. The number of benzene rings is 1. The fourth-order valence-electron chi connectivity index (χ4n) is 1.45. The van der Waals surface area contributed by atoms with Gasteiger partial charge in [-0.3, -0.25) is 0 Å². The minimum Gasteiger partial charge on any atom is -0.398 e. The topological polar surface area (TPSA) is 56.7 Å². The molecule has 0 saturated heterocycles. The van der Waals surface area contributed by atoms with E-state index in [4.69, 9.17) is 5.73 Å². The fourth-order valence-corrected chi connectivity index (χ4v) is 1.45. The molecule has 2 aromatic rings. The summed E-state index contributed by atoms with van der Waals surface area (Å²) >= 11 is 0. The molecular weight excluding hydrogens is 200 g/mol. The molecule has 0 bridgehead atoms. The highest BCUT2D eigenvalue weighted by atomic mass is 15.4. The first kappa shape index (κ1) is 10.7. The van der Waals surface area contributed by atoms with Gasteiger partial charge in [0.1, 0.15) is 5.69 Å². The monoisotopic (exact) mass is 216 g/mol. The van der Waals surface area contributed by atoms with Crippen LogP contribution in [0.15, 0.2) is 30.5 Å². The number of anilines is 1. The predicted molar refractivity (Wildman–Crippen MR) is 64.9 cm³/mol. The first-order valence-corrected chi connectivity index (χ1v) is 5.26. The molecule has 0 aliphatic carbocycles. The molecule has 1 aromatic carbocycles. The van der Waals surface area contributed by atoms with Crippen LogP contribution in [-0.4, -0.2) is 15.0 Å². The molecule has 0 atom stereocenters. The van der Waals surface area contributed by atoms with Gasteiger partial charge in [-0.2, -0.15) is 0 Å². The van der Waals surface area contributed by atoms with Gasteiger partial charge < -0.3 is 5.73 Å². The molecule has 0 spiro atoms. The van der Waals surface area contributed by atoms with Crippen LogP contribution in [0.1, 0.15) is 20.8 Å². The molecule has 4 nitrogen and oxygen atoms in total. The van der Waals surface area contributed by atoms with Gasteiger partial charge in [-0.05, 0) is 26.8 Å². The highest BCUT2D eigenvalue weighted by molar-refractivity contribution is 5.72. The third kappa shape index (κ3) is 1.91. The van der Waals surface area contributed by atoms with Crippen molar-refractivity contribution in [1.82, 2.24) is 15.0 Å². The van der Waals surface area contributed by atoms with Gasteiger partial charge in [-0.1, -0.05) is 23.4 Å². The van der Waals surface area contributed by atoms with Crippen LogP contribution in [0.5, 0.6) is 0 Å². The molecule has 0 amide bonds. The van der Waals surface area contributed by atoms with Crippen LogP contribution >= 0.6 is 0 Å². The summed E-state index contributed by atoms with van der Waals surface area (Å²) in [6.07, 6.45) is 1.92. The third-order valence-electron chi connectivity index (χ3n) is 2.42. The molecular formula is C12H16N4. The Balaban J connectivity index is 2.44. The molecule has 0 saturated carbocycles. The second-order valence-corrected chi connectivity index (χ2v) is 4.81. The van der Waals surface area contributed by atoms with Gasteiger partial charge in [0.15, 0.2) is 0 Å². The molecule has 0 fully saturated rings. The number of para-hydroxylation sites is 1. The van der Waals surface area contributed by atoms with Crippen molar-refractivity contribution in [2.75, 3.05) is 5.73 Å². The fraction of sp³-hybridized carbons (Fsp3) is 0.333. The van der Waals surface area contributed by atoms with Crippen molar-refractivity contribution in [3.63, 3.8) is 0 Å². The average Bonchev–Trinajstić information content (AvgIpc) is 2.66. The van der Waals surface area contributed by atoms with E-state index < -0.39 is 0 Å². The van der Waals surface area contributed by atoms with Gasteiger partial charge in [0.25, 0.3) is 0 Å². The van der Waals surface area contributed by atoms with E-state index >= 15 is 0 Å². The minimum absolute atomic E-state index is 0.0607. The van der Waals surface area contributed by atoms with E-state index in [2.05, 4.69) is 31.1 Å². The molecule has 84 valence electrons. The zero-order valence-corrected chi connectivity index (χ0v) is 9.81. The summed E-state index contributed by atoms with van der Waals surface area (Å²) < 4.78 is 1.84. The number of aromatic nitrogens is 3. The van der Waals surface area contributed by atoms with E-state index in [-0.39, 0.29) is 5.54 Å². The van der Waals surface area contributed by atoms with Crippen molar-refractivity contribution in [2.45, 2.75) is 26.3 Å². The SMILES string of the molecule is CC(C)(C)n1cc(-c2ccccc2N)nn1. The summed E-state index contributed by atoms with van der Waals surface area (Å²) in [5, 5.41) is 8.26. The lowest BCUT2D eigenvalue weighted by Crippen LogP contribution is -2.22. The molecule has 16 heavy (non-hydrogen) atoms. The summed E-state index contributed by atoms with van der Waals surface area (Å²) in [5.74, 6) is 0. The standard InChI is InChI=1S/C12H16N4/c1-12(2,3)16-8-11(14-15-16)9-6-4-5-7-10(9)13/h4-8H,13H2,1-3H3. The van der Waals surface area contributed by atoms with Gasteiger partial charge >= 0.3 is 0 Å². The average molecular weight is 216 g/mol. The Bertz CT molecular complexity index is 494. The Hall–Kier alpha value is -1.84. The zero-order chi connectivity index (χ0) is 11.8. The summed E-state index contributed by atoms with van der Waals surface area (Å²) in [7, 11) is 0. The second kappa shape index (κ2) is 3.63. The van der Waals surface area contributed by atoms with Crippen LogP contribution in [0.25, 0.3) is 11.3 Å². The molecule has 2 rings (SSSR count). The molecule has 1 aromatic heterocycles. The van der Waals surface area contributed by atoms with E-state index in [9.17, 15) is 0 Å². The third-order valence-corrected chi connectivity index (χ3v) is 2.42. The quantitative estimate of drug-likeness (QED) is 0.744. The van der Waals surface area contributed by atoms with Crippen molar-refractivity contribution in [3.8, 4) is 11.3 Å². The molecule has 0 unspecified atom stereocenters. The summed E-state index contributed by atoms with van der Waals surface area (Å²) in [6.45, 7) is 6.25. The van der Waals surface area contributed by atoms with Crippen LogP contribution in [0.4, 0.5) is 5.69 Å². The van der Waals surface area contributed by atoms with E-state index in [0.29, 0.717) is 0 Å². The van der Waals surface area contributed by atoms with Gasteiger partial charge in [0, 0.05) is 11.3 Å². The Kier molecular flexibility index (Phi) is 2.42. The van der Waals surface area contributed by atoms with E-state index in [0.717, 1.165) is 16.9 Å². The largest absolute Gasteiger partial charge is 0.398 e. The Labute approximate surface area is 95.1 Å². The van der Waals surface area contributed by atoms with Crippen molar-refractivity contribution < 1.29 is 0 Å². The number of nitrogens with zero attached hydrogens (tertiary/aromatic N) is 3. The zero-order valence-electron chi connectivity index (χ0n) is 9.81. The van der Waals surface area contributed by atoms with Gasteiger partial charge in [0.2, 0.25) is 0 Å². The van der Waals surface area contributed by atoms with Crippen LogP contribution in [0.3, 0.4) is 0 Å². The van der Waals surface area contributed by atoms with E-state index in [1.165, 1.54) is 0 Å². The first-order valence-electron chi connectivity index (χ1n) is 5.26. The number of hydrogen-bond donors (Lipinski definition) is 1. The summed E-state index contributed by atoms with van der Waals surface area (Å²) in [5.41, 5.74) is 8.30. The lowest BCUT2D eigenvalue weighted by atomic mass is 10.1. The molecule has 0 radical (unpaired) electrons. The lowest BCUT2D eigenvalue weighted by molar-refractivity contribution is 0.347. The Morgan fingerprint density at radius 1 is 1.19 bits per heavy atom. The molecule has 0 aliphatic heterocycles. The normalized spacial score (nSPS) is 11.7. The number of rotatable bonds is 1. The molecule has 2 N–H and O–H groups in total. The summed E-state index contributed by atoms with van der Waals surface area (Å²) in [4.78, 5) is 0. The Morgan fingerprint density at radius 2 is 1.88 bits per heavy atom. The molecule has 1 heterocycles. The van der Waals surface area contributed by atoms with Crippen LogP contribution in [0.2, 0.25) is 0 Å². The van der Waals surface area contributed by atoms with Crippen LogP contribution in [-0.2, 0) is 5.54 Å². The smallest absolute Gasteiger partial charge is 0.115 e. The van der Waals surface area contributed by atoms with Crippen molar-refractivity contribution in [3.05, 3.63) is 30.5 Å². The highest BCUT2D eigenvalue weighted by Gasteiger charge is 2.16. The Morgan fingerprint density at radius 3 is 2.44 bits per heavy atom. The van der Waals surface area contributed by atoms with E-state index in [1.54, 1.807) is 0 Å². The van der Waals surface area contributed by atoms with Gasteiger partial charge in [0.05, 0.1) is 11.7 Å². The number of hydrogen-bond acceptors (Lipinski definition) is 3.